The van der Waals surface area contributed by atoms with Gasteiger partial charge in [0.2, 0.25) is 0 Å². The van der Waals surface area contributed by atoms with Gasteiger partial charge in [0, 0.05) is 6.92 Å². The lowest BCUT2D eigenvalue weighted by Gasteiger charge is -2.07. The van der Waals surface area contributed by atoms with E-state index in [1.807, 2.05) is 0 Å². The van der Waals surface area contributed by atoms with Gasteiger partial charge < -0.3 is 10.4 Å². The molecule has 1 aromatic carbocycles. The van der Waals surface area contributed by atoms with E-state index in [1.165, 1.54) is 6.92 Å². The Labute approximate surface area is 132 Å². The van der Waals surface area contributed by atoms with Crippen LogP contribution in [-0.4, -0.2) is 21.8 Å². The number of rotatable bonds is 4. The average Bonchev–Trinajstić information content (AvgIpc) is 2.78. The monoisotopic (exact) mass is 348 g/mol. The normalized spacial score (nSPS) is 10.5. The number of anilines is 2. The Balaban J connectivity index is 2.43. The van der Waals surface area contributed by atoms with Gasteiger partial charge in [-0.2, -0.15) is 0 Å². The largest absolute Gasteiger partial charge is 0.476 e. The third-order valence-electron chi connectivity index (χ3n) is 2.39. The molecule has 2 aromatic rings. The van der Waals surface area contributed by atoms with Gasteiger partial charge in [-0.3, -0.25) is 4.79 Å². The third kappa shape index (κ3) is 3.31. The quantitative estimate of drug-likeness (QED) is 0.808. The summed E-state index contributed by atoms with van der Waals surface area (Å²) in [7, 11) is 0. The van der Waals surface area contributed by atoms with Crippen molar-refractivity contribution in [3.8, 4) is 0 Å². The zero-order valence-corrected chi connectivity index (χ0v) is 12.7. The minimum Gasteiger partial charge on any atom is -0.476 e. The second kappa shape index (κ2) is 5.97. The molecule has 2 N–H and O–H groups in total. The fourth-order valence-electron chi connectivity index (χ4n) is 1.53. The highest BCUT2D eigenvalue weighted by molar-refractivity contribution is 7.17. The first-order valence-electron chi connectivity index (χ1n) is 5.46. The Bertz CT molecular complexity index is 694. The molecule has 0 aliphatic heterocycles. The van der Waals surface area contributed by atoms with Gasteiger partial charge in [-0.05, 0) is 12.1 Å². The predicted molar refractivity (Wildman–Crippen MR) is 78.8 cm³/mol. The van der Waals surface area contributed by atoms with Crippen molar-refractivity contribution in [2.75, 3.05) is 5.32 Å². The van der Waals surface area contributed by atoms with E-state index in [1.54, 1.807) is 0 Å². The molecule has 21 heavy (non-hydrogen) atoms. The van der Waals surface area contributed by atoms with Crippen LogP contribution in [0.5, 0.6) is 0 Å². The number of Topliss-reactive ketones (excluding diaryl/α,β-unsaturated/α-hetero) is 1. The molecule has 0 fully saturated rings. The Morgan fingerprint density at radius 2 is 1.90 bits per heavy atom. The molecule has 0 spiro atoms. The fourth-order valence-corrected chi connectivity index (χ4v) is 2.94. The first kappa shape index (κ1) is 15.7. The summed E-state index contributed by atoms with van der Waals surface area (Å²) in [6, 6.07) is 2.10. The highest BCUT2D eigenvalue weighted by Crippen LogP contribution is 2.35. The van der Waals surface area contributed by atoms with E-state index < -0.39 is 17.6 Å². The van der Waals surface area contributed by atoms with Crippen molar-refractivity contribution in [2.45, 2.75) is 6.92 Å². The molecule has 5 nitrogen and oxygen atoms in total. The molecule has 2 rings (SSSR count). The van der Waals surface area contributed by atoms with Crippen LogP contribution in [0.2, 0.25) is 10.0 Å². The van der Waals surface area contributed by atoms with Crippen LogP contribution >= 0.6 is 34.5 Å². The van der Waals surface area contributed by atoms with Crippen LogP contribution in [0, 0.1) is 5.82 Å². The summed E-state index contributed by atoms with van der Waals surface area (Å²) < 4.78 is 13.1. The number of carbonyl (C=O) groups excluding carboxylic acids is 1. The van der Waals surface area contributed by atoms with Crippen molar-refractivity contribution in [3.05, 3.63) is 38.6 Å². The topological polar surface area (TPSA) is 79.3 Å². The molecule has 0 saturated carbocycles. The zero-order valence-electron chi connectivity index (χ0n) is 10.4. The number of benzene rings is 1. The number of hydrogen-bond donors (Lipinski definition) is 2. The molecule has 0 amide bonds. The molecule has 0 bridgehead atoms. The summed E-state index contributed by atoms with van der Waals surface area (Å²) >= 11 is 12.6. The minimum absolute atomic E-state index is 0.000596. The maximum Gasteiger partial charge on any atom is 0.356 e. The lowest BCUT2D eigenvalue weighted by Crippen LogP contribution is -2.03. The lowest BCUT2D eigenvalue weighted by atomic mass is 10.3. The van der Waals surface area contributed by atoms with Crippen LogP contribution in [0.15, 0.2) is 12.1 Å². The highest BCUT2D eigenvalue weighted by Gasteiger charge is 2.21. The number of ketones is 1. The Morgan fingerprint density at radius 3 is 2.33 bits per heavy atom. The molecule has 0 aliphatic rings. The van der Waals surface area contributed by atoms with E-state index in [2.05, 4.69) is 10.3 Å². The number of aromatic carboxylic acids is 1. The Morgan fingerprint density at radius 1 is 1.33 bits per heavy atom. The summed E-state index contributed by atoms with van der Waals surface area (Å²) in [5.41, 5.74) is -0.176. The maximum absolute atomic E-state index is 13.1. The molecule has 0 saturated heterocycles. The average molecular weight is 349 g/mol. The highest BCUT2D eigenvalue weighted by atomic mass is 35.5. The first-order chi connectivity index (χ1) is 9.79. The lowest BCUT2D eigenvalue weighted by molar-refractivity contribution is 0.0687. The number of halogens is 3. The van der Waals surface area contributed by atoms with Crippen LogP contribution in [0.25, 0.3) is 0 Å². The molecular weight excluding hydrogens is 342 g/mol. The van der Waals surface area contributed by atoms with Gasteiger partial charge in [-0.15, -0.1) is 0 Å². The van der Waals surface area contributed by atoms with Crippen LogP contribution in [0.3, 0.4) is 0 Å². The molecule has 0 atom stereocenters. The predicted octanol–water partition coefficient (Wildman–Crippen LogP) is 4.23. The molecule has 1 heterocycles. The Hall–Kier alpha value is -1.70. The van der Waals surface area contributed by atoms with Gasteiger partial charge in [-0.25, -0.2) is 14.2 Å². The van der Waals surface area contributed by atoms with Crippen LogP contribution in [-0.2, 0) is 0 Å². The number of nitrogens with one attached hydrogen (secondary N) is 1. The molecule has 110 valence electrons. The van der Waals surface area contributed by atoms with Gasteiger partial charge in [0.15, 0.2) is 16.6 Å². The van der Waals surface area contributed by atoms with E-state index in [0.717, 1.165) is 23.5 Å². The summed E-state index contributed by atoms with van der Waals surface area (Å²) in [4.78, 5) is 26.2. The molecule has 0 unspecified atom stereocenters. The standard InChI is InChI=1S/C12H7Cl2FN2O3S/c1-4(18)10-9(11(19)20)17-12(21-10)16-8-6(13)2-5(15)3-7(8)14/h2-3H,1H3,(H,16,17)(H,19,20). The Kier molecular flexibility index (Phi) is 4.46. The van der Waals surface area contributed by atoms with Gasteiger partial charge in [0.05, 0.1) is 15.7 Å². The minimum atomic E-state index is -1.32. The summed E-state index contributed by atoms with van der Waals surface area (Å²) in [5.74, 6) is -2.35. The number of nitrogens with zero attached hydrogens (tertiary/aromatic N) is 1. The molecule has 0 aliphatic carbocycles. The van der Waals surface area contributed by atoms with Gasteiger partial charge in [-0.1, -0.05) is 34.5 Å². The van der Waals surface area contributed by atoms with Crippen LogP contribution in [0.4, 0.5) is 15.2 Å². The van der Waals surface area contributed by atoms with E-state index in [9.17, 15) is 14.0 Å². The number of hydrogen-bond acceptors (Lipinski definition) is 5. The summed E-state index contributed by atoms with van der Waals surface area (Å²) in [6.45, 7) is 1.24. The van der Waals surface area contributed by atoms with E-state index >= 15 is 0 Å². The number of aromatic nitrogens is 1. The third-order valence-corrected chi connectivity index (χ3v) is 4.06. The van der Waals surface area contributed by atoms with Crippen molar-refractivity contribution >= 4 is 57.1 Å². The van der Waals surface area contributed by atoms with Crippen molar-refractivity contribution < 1.29 is 19.1 Å². The number of carboxylic acids is 1. The fraction of sp³-hybridized carbons (Fsp3) is 0.0833. The van der Waals surface area contributed by atoms with Crippen molar-refractivity contribution in [1.29, 1.82) is 0 Å². The summed E-state index contributed by atoms with van der Waals surface area (Å²) in [6.07, 6.45) is 0. The van der Waals surface area contributed by atoms with Gasteiger partial charge in [0.25, 0.3) is 0 Å². The number of thiazole rings is 1. The van der Waals surface area contributed by atoms with Crippen LogP contribution in [0.1, 0.15) is 27.1 Å². The number of carbonyl (C=O) groups is 2. The SMILES string of the molecule is CC(=O)c1sc(Nc2c(Cl)cc(F)cc2Cl)nc1C(=O)O. The van der Waals surface area contributed by atoms with E-state index in [-0.39, 0.29) is 31.4 Å². The smallest absolute Gasteiger partial charge is 0.356 e. The molecule has 0 radical (unpaired) electrons. The second-order valence-electron chi connectivity index (χ2n) is 3.93. The van der Waals surface area contributed by atoms with E-state index in [4.69, 9.17) is 28.3 Å². The molecule has 1 aromatic heterocycles. The van der Waals surface area contributed by atoms with Gasteiger partial charge >= 0.3 is 5.97 Å². The van der Waals surface area contributed by atoms with Gasteiger partial charge in [0.1, 0.15) is 10.7 Å². The van der Waals surface area contributed by atoms with Crippen LogP contribution < -0.4 is 5.32 Å². The molecular formula is C12H7Cl2FN2O3S. The second-order valence-corrected chi connectivity index (χ2v) is 5.74. The van der Waals surface area contributed by atoms with Crippen molar-refractivity contribution in [3.63, 3.8) is 0 Å². The van der Waals surface area contributed by atoms with E-state index in [0.29, 0.717) is 0 Å². The number of carboxylic acid groups (broad SMARTS) is 1. The first-order valence-corrected chi connectivity index (χ1v) is 7.03. The molecule has 9 heteroatoms. The van der Waals surface area contributed by atoms with Crippen molar-refractivity contribution in [2.24, 2.45) is 0 Å². The zero-order chi connectivity index (χ0) is 15.7. The van der Waals surface area contributed by atoms with Crippen molar-refractivity contribution in [1.82, 2.24) is 4.98 Å². The summed E-state index contributed by atoms with van der Waals surface area (Å²) in [5, 5.41) is 11.8. The maximum atomic E-state index is 13.1.